The van der Waals surface area contributed by atoms with Gasteiger partial charge in [-0.25, -0.2) is 14.5 Å². The van der Waals surface area contributed by atoms with Gasteiger partial charge in [-0.3, -0.25) is 9.59 Å². The minimum Gasteiger partial charge on any atom is -0.462 e. The number of aromatic nitrogens is 4. The molecule has 3 heterocycles. The lowest BCUT2D eigenvalue weighted by molar-refractivity contribution is -0.113. The number of H-pyrrole nitrogens is 1. The van der Waals surface area contributed by atoms with E-state index in [4.69, 9.17) is 4.74 Å². The van der Waals surface area contributed by atoms with E-state index in [0.717, 1.165) is 58.3 Å². The van der Waals surface area contributed by atoms with Crippen molar-refractivity contribution >= 4 is 51.0 Å². The fourth-order valence-electron chi connectivity index (χ4n) is 4.22. The van der Waals surface area contributed by atoms with Crippen molar-refractivity contribution in [2.75, 3.05) is 17.7 Å². The highest BCUT2D eigenvalue weighted by atomic mass is 32.2. The van der Waals surface area contributed by atoms with E-state index >= 15 is 0 Å². The van der Waals surface area contributed by atoms with Crippen LogP contribution in [0, 0.1) is 13.8 Å². The predicted molar refractivity (Wildman–Crippen MR) is 141 cm³/mol. The van der Waals surface area contributed by atoms with Crippen LogP contribution in [-0.2, 0) is 22.4 Å². The Morgan fingerprint density at radius 1 is 1.25 bits per heavy atom. The highest BCUT2D eigenvalue weighted by molar-refractivity contribution is 7.99. The van der Waals surface area contributed by atoms with Gasteiger partial charge < -0.3 is 15.0 Å². The second-order valence-corrected chi connectivity index (χ2v) is 10.6. The summed E-state index contributed by atoms with van der Waals surface area (Å²) in [6.07, 6.45) is 4.20. The number of carbonyl (C=O) groups is 2. The molecular weight excluding hydrogens is 498 g/mol. The van der Waals surface area contributed by atoms with Crippen LogP contribution >= 0.6 is 23.1 Å². The van der Waals surface area contributed by atoms with Gasteiger partial charge in [-0.15, -0.1) is 11.3 Å². The third-order valence-corrected chi connectivity index (χ3v) is 8.23. The average molecular weight is 524 g/mol. The standard InChI is InChI=1S/C25H25N5O4S2/c1-4-34-24(33)20-16-6-5-7-18(16)36-23(20)27-19(31)12-35-25-28-21-17(22(32)29-25)11-26-30(21)15-9-8-13(2)14(3)10-15/h8-11H,4-7,12H2,1-3H3,(H,27,31)(H,28,29,32). The third kappa shape index (κ3) is 4.56. The number of thioether (sulfide) groups is 1. The fraction of sp³-hybridized carbons (Fsp3) is 0.320. The van der Waals surface area contributed by atoms with Gasteiger partial charge in [-0.05, 0) is 68.9 Å². The van der Waals surface area contributed by atoms with E-state index in [1.54, 1.807) is 11.6 Å². The minimum atomic E-state index is -0.407. The van der Waals surface area contributed by atoms with Crippen LogP contribution in [0.25, 0.3) is 16.7 Å². The molecule has 0 spiro atoms. The predicted octanol–water partition coefficient (Wildman–Crippen LogP) is 4.18. The smallest absolute Gasteiger partial charge is 0.341 e. The number of ether oxygens (including phenoxy) is 1. The summed E-state index contributed by atoms with van der Waals surface area (Å²) in [6, 6.07) is 5.91. The number of carbonyl (C=O) groups excluding carboxylic acids is 2. The number of aromatic amines is 1. The Kier molecular flexibility index (Phi) is 6.67. The van der Waals surface area contributed by atoms with Crippen LogP contribution in [0.4, 0.5) is 5.00 Å². The van der Waals surface area contributed by atoms with Gasteiger partial charge in [-0.1, -0.05) is 17.8 Å². The maximum atomic E-state index is 12.8. The Hall–Kier alpha value is -3.44. The second kappa shape index (κ2) is 9.90. The number of amides is 1. The second-order valence-electron chi connectivity index (χ2n) is 8.55. The van der Waals surface area contributed by atoms with Gasteiger partial charge in [0.15, 0.2) is 10.8 Å². The zero-order chi connectivity index (χ0) is 25.4. The Bertz CT molecular complexity index is 1550. The number of thiophene rings is 1. The van der Waals surface area contributed by atoms with E-state index in [1.807, 2.05) is 32.0 Å². The summed E-state index contributed by atoms with van der Waals surface area (Å²) in [7, 11) is 0. The van der Waals surface area contributed by atoms with E-state index in [0.29, 0.717) is 26.8 Å². The zero-order valence-electron chi connectivity index (χ0n) is 20.1. The third-order valence-electron chi connectivity index (χ3n) is 6.15. The van der Waals surface area contributed by atoms with Crippen molar-refractivity contribution in [2.45, 2.75) is 45.2 Å². The maximum Gasteiger partial charge on any atom is 0.341 e. The number of esters is 1. The summed E-state index contributed by atoms with van der Waals surface area (Å²) in [5.41, 5.74) is 4.62. The van der Waals surface area contributed by atoms with Gasteiger partial charge >= 0.3 is 5.97 Å². The molecule has 186 valence electrons. The van der Waals surface area contributed by atoms with Crippen LogP contribution < -0.4 is 10.9 Å². The molecule has 5 rings (SSSR count). The number of fused-ring (bicyclic) bond motifs is 2. The van der Waals surface area contributed by atoms with Gasteiger partial charge in [0.1, 0.15) is 10.4 Å². The van der Waals surface area contributed by atoms with Crippen LogP contribution in [0.15, 0.2) is 34.3 Å². The molecular formula is C25H25N5O4S2. The Morgan fingerprint density at radius 2 is 2.08 bits per heavy atom. The van der Waals surface area contributed by atoms with Crippen molar-refractivity contribution in [3.05, 3.63) is 61.9 Å². The van der Waals surface area contributed by atoms with E-state index in [1.165, 1.54) is 17.5 Å². The lowest BCUT2D eigenvalue weighted by atomic mass is 10.1. The Balaban J connectivity index is 1.35. The first-order chi connectivity index (χ1) is 17.4. The summed E-state index contributed by atoms with van der Waals surface area (Å²) in [5, 5.41) is 8.43. The van der Waals surface area contributed by atoms with Crippen LogP contribution in [0.5, 0.6) is 0 Å². The van der Waals surface area contributed by atoms with E-state index in [2.05, 4.69) is 20.4 Å². The molecule has 1 amide bonds. The molecule has 2 N–H and O–H groups in total. The Morgan fingerprint density at radius 3 is 2.86 bits per heavy atom. The van der Waals surface area contributed by atoms with E-state index in [9.17, 15) is 14.4 Å². The van der Waals surface area contributed by atoms with E-state index < -0.39 is 5.97 Å². The van der Waals surface area contributed by atoms with Crippen molar-refractivity contribution in [2.24, 2.45) is 0 Å². The van der Waals surface area contributed by atoms with E-state index in [-0.39, 0.29) is 23.8 Å². The normalized spacial score (nSPS) is 12.6. The largest absolute Gasteiger partial charge is 0.462 e. The zero-order valence-corrected chi connectivity index (χ0v) is 21.8. The van der Waals surface area contributed by atoms with Crippen molar-refractivity contribution in [3.63, 3.8) is 0 Å². The molecule has 3 aromatic heterocycles. The van der Waals surface area contributed by atoms with Gasteiger partial charge in [-0.2, -0.15) is 5.10 Å². The van der Waals surface area contributed by atoms with Gasteiger partial charge in [0.05, 0.1) is 29.8 Å². The molecule has 1 aromatic carbocycles. The topological polar surface area (TPSA) is 119 Å². The van der Waals surface area contributed by atoms with Crippen LogP contribution in [0.1, 0.15) is 45.3 Å². The molecule has 36 heavy (non-hydrogen) atoms. The molecule has 11 heteroatoms. The molecule has 0 bridgehead atoms. The molecule has 0 saturated carbocycles. The molecule has 0 aliphatic heterocycles. The maximum absolute atomic E-state index is 12.8. The van der Waals surface area contributed by atoms with Crippen molar-refractivity contribution in [1.29, 1.82) is 0 Å². The average Bonchev–Trinajstić information content (AvgIpc) is 3.54. The number of aryl methyl sites for hydroxylation is 3. The quantitative estimate of drug-likeness (QED) is 0.212. The number of rotatable bonds is 7. The Labute approximate surface area is 215 Å². The lowest BCUT2D eigenvalue weighted by Crippen LogP contribution is -2.17. The van der Waals surface area contributed by atoms with Crippen molar-refractivity contribution < 1.29 is 14.3 Å². The van der Waals surface area contributed by atoms with Crippen molar-refractivity contribution in [1.82, 2.24) is 19.7 Å². The number of anilines is 1. The first-order valence-electron chi connectivity index (χ1n) is 11.7. The number of nitrogens with one attached hydrogen (secondary N) is 2. The van der Waals surface area contributed by atoms with Gasteiger partial charge in [0.25, 0.3) is 5.56 Å². The van der Waals surface area contributed by atoms with Crippen LogP contribution in [0.3, 0.4) is 0 Å². The molecule has 1 aliphatic rings. The SMILES string of the molecule is CCOC(=O)c1c(NC(=O)CSc2nc3c(cnn3-c3ccc(C)c(C)c3)c(=O)[nH]2)sc2c1CCC2. The highest BCUT2D eigenvalue weighted by Gasteiger charge is 2.28. The van der Waals surface area contributed by atoms with Crippen LogP contribution in [-0.4, -0.2) is 44.0 Å². The first kappa shape index (κ1) is 24.3. The number of nitrogens with zero attached hydrogens (tertiary/aromatic N) is 3. The molecule has 9 nitrogen and oxygen atoms in total. The summed E-state index contributed by atoms with van der Waals surface area (Å²) < 4.78 is 6.85. The summed E-state index contributed by atoms with van der Waals surface area (Å²) in [4.78, 5) is 46.4. The summed E-state index contributed by atoms with van der Waals surface area (Å²) >= 11 is 2.55. The van der Waals surface area contributed by atoms with Crippen molar-refractivity contribution in [3.8, 4) is 5.69 Å². The molecule has 0 saturated heterocycles. The lowest BCUT2D eigenvalue weighted by Gasteiger charge is -2.08. The molecule has 0 radical (unpaired) electrons. The first-order valence-corrected chi connectivity index (χ1v) is 13.5. The van der Waals surface area contributed by atoms with Gasteiger partial charge in [0.2, 0.25) is 5.91 Å². The fourth-order valence-corrected chi connectivity index (χ4v) is 6.17. The number of hydrogen-bond donors (Lipinski definition) is 2. The summed E-state index contributed by atoms with van der Waals surface area (Å²) in [5.74, 6) is -0.691. The minimum absolute atomic E-state index is 0.0110. The summed E-state index contributed by atoms with van der Waals surface area (Å²) in [6.45, 7) is 6.08. The molecule has 0 fully saturated rings. The molecule has 0 unspecified atom stereocenters. The number of hydrogen-bond acceptors (Lipinski definition) is 8. The van der Waals surface area contributed by atoms with Crippen LogP contribution in [0.2, 0.25) is 0 Å². The molecule has 4 aromatic rings. The molecule has 1 aliphatic carbocycles. The van der Waals surface area contributed by atoms with Gasteiger partial charge in [0, 0.05) is 4.88 Å². The number of benzene rings is 1. The highest BCUT2D eigenvalue weighted by Crippen LogP contribution is 2.39. The molecule has 0 atom stereocenters. The monoisotopic (exact) mass is 523 g/mol.